The molecule has 0 saturated heterocycles. The van der Waals surface area contributed by atoms with Crippen molar-refractivity contribution in [2.45, 2.75) is 20.4 Å². The van der Waals surface area contributed by atoms with Crippen molar-refractivity contribution in [2.24, 2.45) is 0 Å². The zero-order valence-corrected chi connectivity index (χ0v) is 15.1. The number of aryl methyl sites for hydroxylation is 1. The molecule has 0 bridgehead atoms. The summed E-state index contributed by atoms with van der Waals surface area (Å²) in [7, 11) is 0. The highest BCUT2D eigenvalue weighted by molar-refractivity contribution is 6.31. The van der Waals surface area contributed by atoms with E-state index in [0.717, 1.165) is 5.56 Å². The predicted octanol–water partition coefficient (Wildman–Crippen LogP) is 2.60. The van der Waals surface area contributed by atoms with Gasteiger partial charge in [0.05, 0.1) is 17.8 Å². The maximum atomic E-state index is 12.5. The quantitative estimate of drug-likeness (QED) is 0.615. The van der Waals surface area contributed by atoms with Crippen molar-refractivity contribution in [3.8, 4) is 0 Å². The monoisotopic (exact) mass is 371 g/mol. The van der Waals surface area contributed by atoms with Gasteiger partial charge in [0.25, 0.3) is 11.8 Å². The summed E-state index contributed by atoms with van der Waals surface area (Å²) >= 11 is 6.20. The molecule has 0 fully saturated rings. The zero-order chi connectivity index (χ0) is 18.7. The van der Waals surface area contributed by atoms with Gasteiger partial charge >= 0.3 is 0 Å². The van der Waals surface area contributed by atoms with E-state index in [9.17, 15) is 9.59 Å². The number of carbonyl (C=O) groups is 2. The minimum absolute atomic E-state index is 0.355. The largest absolute Gasteiger partial charge is 0.357 e. The topological polar surface area (TPSA) is 91.8 Å². The molecule has 0 spiro atoms. The van der Waals surface area contributed by atoms with E-state index in [2.05, 4.69) is 20.9 Å². The molecule has 1 aromatic carbocycles. The van der Waals surface area contributed by atoms with Crippen LogP contribution < -0.4 is 10.9 Å². The standard InChI is InChI=1S/C18H18ClN5O2/c1-11-16(18(26)22-21-17(25)15-8-5-9-20-15)12(2)24(23-11)10-13-6-3-4-7-14(13)19/h3-9,20H,10H2,1-2H3,(H,21,25)(H,22,26). The van der Waals surface area contributed by atoms with Crippen LogP contribution in [0.15, 0.2) is 42.6 Å². The van der Waals surface area contributed by atoms with E-state index in [4.69, 9.17) is 11.6 Å². The Labute approximate surface area is 155 Å². The molecule has 26 heavy (non-hydrogen) atoms. The molecule has 2 heterocycles. The molecule has 0 aliphatic heterocycles. The molecule has 0 aliphatic carbocycles. The van der Waals surface area contributed by atoms with Crippen LogP contribution in [0.1, 0.15) is 37.8 Å². The normalized spacial score (nSPS) is 10.6. The summed E-state index contributed by atoms with van der Waals surface area (Å²) in [5.74, 6) is -0.854. The Morgan fingerprint density at radius 1 is 1.12 bits per heavy atom. The molecule has 0 atom stereocenters. The number of H-pyrrole nitrogens is 1. The maximum Gasteiger partial charge on any atom is 0.286 e. The van der Waals surface area contributed by atoms with Gasteiger partial charge in [0, 0.05) is 16.9 Å². The van der Waals surface area contributed by atoms with E-state index < -0.39 is 11.8 Å². The third-order valence-corrected chi connectivity index (χ3v) is 4.39. The number of hydrazine groups is 1. The van der Waals surface area contributed by atoms with Gasteiger partial charge in [0.2, 0.25) is 0 Å². The molecule has 3 N–H and O–H groups in total. The summed E-state index contributed by atoms with van der Waals surface area (Å²) in [4.78, 5) is 27.1. The summed E-state index contributed by atoms with van der Waals surface area (Å²) in [5.41, 5.74) is 7.74. The molecule has 3 aromatic rings. The predicted molar refractivity (Wildman–Crippen MR) is 98.0 cm³/mol. The molecule has 0 saturated carbocycles. The molecule has 8 heteroatoms. The molecule has 2 aromatic heterocycles. The van der Waals surface area contributed by atoms with Crippen molar-refractivity contribution in [3.05, 3.63) is 75.8 Å². The Balaban J connectivity index is 1.74. The van der Waals surface area contributed by atoms with E-state index >= 15 is 0 Å². The number of amides is 2. The van der Waals surface area contributed by atoms with Gasteiger partial charge in [-0.2, -0.15) is 5.10 Å². The highest BCUT2D eigenvalue weighted by atomic mass is 35.5. The summed E-state index contributed by atoms with van der Waals surface area (Å²) < 4.78 is 1.72. The lowest BCUT2D eigenvalue weighted by molar-refractivity contribution is 0.0843. The SMILES string of the molecule is Cc1nn(Cc2ccccc2Cl)c(C)c1C(=O)NNC(=O)c1ccc[nH]1. The van der Waals surface area contributed by atoms with Crippen molar-refractivity contribution in [1.29, 1.82) is 0 Å². The van der Waals surface area contributed by atoms with E-state index in [0.29, 0.717) is 34.2 Å². The molecule has 0 radical (unpaired) electrons. The molecule has 7 nitrogen and oxygen atoms in total. The van der Waals surface area contributed by atoms with Crippen LogP contribution in [0.4, 0.5) is 0 Å². The van der Waals surface area contributed by atoms with Gasteiger partial charge in [-0.05, 0) is 37.6 Å². The number of aromatic nitrogens is 3. The summed E-state index contributed by atoms with van der Waals surface area (Å²) in [6, 6.07) is 10.8. The fraction of sp³-hybridized carbons (Fsp3) is 0.167. The van der Waals surface area contributed by atoms with E-state index in [-0.39, 0.29) is 0 Å². The van der Waals surface area contributed by atoms with Crippen LogP contribution in [-0.2, 0) is 6.54 Å². The first kappa shape index (κ1) is 17.8. The second-order valence-corrected chi connectivity index (χ2v) is 6.19. The van der Waals surface area contributed by atoms with Crippen LogP contribution in [0.2, 0.25) is 5.02 Å². The lowest BCUT2D eigenvalue weighted by Gasteiger charge is -2.08. The summed E-state index contributed by atoms with van der Waals surface area (Å²) in [6.07, 6.45) is 1.63. The van der Waals surface area contributed by atoms with E-state index in [1.54, 1.807) is 36.9 Å². The van der Waals surface area contributed by atoms with Crippen LogP contribution in [-0.4, -0.2) is 26.6 Å². The van der Waals surface area contributed by atoms with Gasteiger partial charge in [-0.3, -0.25) is 25.1 Å². The number of carbonyl (C=O) groups excluding carboxylic acids is 2. The van der Waals surface area contributed by atoms with Crippen LogP contribution in [0.5, 0.6) is 0 Å². The Morgan fingerprint density at radius 3 is 2.54 bits per heavy atom. The van der Waals surface area contributed by atoms with Gasteiger partial charge in [-0.15, -0.1) is 0 Å². The van der Waals surface area contributed by atoms with Gasteiger partial charge < -0.3 is 4.98 Å². The van der Waals surface area contributed by atoms with Crippen molar-refractivity contribution in [3.63, 3.8) is 0 Å². The van der Waals surface area contributed by atoms with E-state index in [1.165, 1.54) is 0 Å². The molecule has 2 amide bonds. The molecular formula is C18H18ClN5O2. The van der Waals surface area contributed by atoms with Crippen LogP contribution in [0.25, 0.3) is 0 Å². The number of rotatable bonds is 4. The maximum absolute atomic E-state index is 12.5. The van der Waals surface area contributed by atoms with Crippen molar-refractivity contribution in [1.82, 2.24) is 25.6 Å². The van der Waals surface area contributed by atoms with Crippen LogP contribution in [0, 0.1) is 13.8 Å². The number of hydrogen-bond acceptors (Lipinski definition) is 3. The number of nitrogens with zero attached hydrogens (tertiary/aromatic N) is 2. The first-order valence-corrected chi connectivity index (χ1v) is 8.36. The number of benzene rings is 1. The minimum atomic E-state index is -0.429. The van der Waals surface area contributed by atoms with Crippen molar-refractivity contribution < 1.29 is 9.59 Å². The molecule has 0 aliphatic rings. The highest BCUT2D eigenvalue weighted by Crippen LogP contribution is 2.19. The average molecular weight is 372 g/mol. The Bertz CT molecular complexity index is 947. The number of hydrogen-bond donors (Lipinski definition) is 3. The third-order valence-electron chi connectivity index (χ3n) is 4.02. The summed E-state index contributed by atoms with van der Waals surface area (Å²) in [5, 5.41) is 5.07. The molecule has 0 unspecified atom stereocenters. The molecule has 3 rings (SSSR count). The molecule has 134 valence electrons. The molecular weight excluding hydrogens is 354 g/mol. The second kappa shape index (κ2) is 7.45. The number of nitrogens with one attached hydrogen (secondary N) is 3. The fourth-order valence-electron chi connectivity index (χ4n) is 2.68. The zero-order valence-electron chi connectivity index (χ0n) is 14.3. The highest BCUT2D eigenvalue weighted by Gasteiger charge is 2.20. The first-order chi connectivity index (χ1) is 12.5. The first-order valence-electron chi connectivity index (χ1n) is 7.99. The van der Waals surface area contributed by atoms with Crippen LogP contribution in [0.3, 0.4) is 0 Å². The smallest absolute Gasteiger partial charge is 0.286 e. The minimum Gasteiger partial charge on any atom is -0.357 e. The fourth-order valence-corrected chi connectivity index (χ4v) is 2.88. The van der Waals surface area contributed by atoms with Gasteiger partial charge in [0.1, 0.15) is 5.69 Å². The van der Waals surface area contributed by atoms with Crippen molar-refractivity contribution >= 4 is 23.4 Å². The Morgan fingerprint density at radius 2 is 1.85 bits per heavy atom. The number of halogens is 1. The lowest BCUT2D eigenvalue weighted by Crippen LogP contribution is -2.42. The van der Waals surface area contributed by atoms with Gasteiger partial charge in [-0.25, -0.2) is 0 Å². The van der Waals surface area contributed by atoms with Crippen LogP contribution >= 0.6 is 11.6 Å². The lowest BCUT2D eigenvalue weighted by atomic mass is 10.2. The van der Waals surface area contributed by atoms with Gasteiger partial charge in [-0.1, -0.05) is 29.8 Å². The van der Waals surface area contributed by atoms with E-state index in [1.807, 2.05) is 24.3 Å². The average Bonchev–Trinajstić information content (AvgIpc) is 3.24. The van der Waals surface area contributed by atoms with Gasteiger partial charge in [0.15, 0.2) is 0 Å². The Kier molecular flexibility index (Phi) is 5.09. The number of aromatic amines is 1. The van der Waals surface area contributed by atoms with Crippen molar-refractivity contribution in [2.75, 3.05) is 0 Å². The third kappa shape index (κ3) is 3.62. The summed E-state index contributed by atoms with van der Waals surface area (Å²) in [6.45, 7) is 4.00. The second-order valence-electron chi connectivity index (χ2n) is 5.79. The Hall–Kier alpha value is -3.06.